The van der Waals surface area contributed by atoms with Crippen molar-refractivity contribution in [2.24, 2.45) is 0 Å². The van der Waals surface area contributed by atoms with E-state index in [4.69, 9.17) is 0 Å². The van der Waals surface area contributed by atoms with E-state index in [1.807, 2.05) is 38.1 Å². The zero-order chi connectivity index (χ0) is 12.8. The summed E-state index contributed by atoms with van der Waals surface area (Å²) in [6.45, 7) is 6.79. The van der Waals surface area contributed by atoms with Gasteiger partial charge in [0, 0.05) is 18.7 Å². The Bertz CT molecular complexity index is 357. The van der Waals surface area contributed by atoms with Crippen LogP contribution in [0.2, 0.25) is 0 Å². The number of aryl methyl sites for hydroxylation is 1. The molecule has 0 saturated heterocycles. The predicted octanol–water partition coefficient (Wildman–Crippen LogP) is 2.23. The lowest BCUT2D eigenvalue weighted by Gasteiger charge is -2.23. The van der Waals surface area contributed by atoms with Gasteiger partial charge in [-0.05, 0) is 32.4 Å². The maximum Gasteiger partial charge on any atom is 0.253 e. The number of carbonyl (C=O) groups is 1. The number of amides is 1. The maximum atomic E-state index is 12.2. The van der Waals surface area contributed by atoms with E-state index in [-0.39, 0.29) is 5.91 Å². The molecule has 0 heterocycles. The van der Waals surface area contributed by atoms with Crippen LogP contribution in [0, 0.1) is 6.92 Å². The molecule has 0 aliphatic rings. The molecule has 3 heteroatoms. The van der Waals surface area contributed by atoms with Crippen molar-refractivity contribution in [1.29, 1.82) is 0 Å². The first kappa shape index (κ1) is 13.7. The molecule has 1 N–H and O–H groups in total. The highest BCUT2D eigenvalue weighted by molar-refractivity contribution is 5.94. The minimum absolute atomic E-state index is 0.00671. The molecule has 1 atom stereocenters. The maximum absolute atomic E-state index is 12.2. The van der Waals surface area contributed by atoms with Crippen LogP contribution in [0.3, 0.4) is 0 Å². The van der Waals surface area contributed by atoms with E-state index >= 15 is 0 Å². The number of rotatable bonds is 5. The molecule has 0 fully saturated rings. The van der Waals surface area contributed by atoms with Gasteiger partial charge >= 0.3 is 0 Å². The van der Waals surface area contributed by atoms with Crippen molar-refractivity contribution in [2.45, 2.75) is 33.3 Å². The molecule has 0 aromatic heterocycles. The van der Waals surface area contributed by atoms with E-state index in [2.05, 4.69) is 0 Å². The Morgan fingerprint density at radius 1 is 1.35 bits per heavy atom. The highest BCUT2D eigenvalue weighted by atomic mass is 16.3. The standard InChI is InChI=1S/C14H21NO2/c1-4-9-15(10-12(3)16)14(17)13-7-5-11(2)6-8-13/h5-8,12,16H,4,9-10H2,1-3H3/t12-/m0/s1. The van der Waals surface area contributed by atoms with E-state index in [0.29, 0.717) is 18.7 Å². The molecule has 0 radical (unpaired) electrons. The molecule has 17 heavy (non-hydrogen) atoms. The summed E-state index contributed by atoms with van der Waals surface area (Å²) in [5.41, 5.74) is 1.82. The van der Waals surface area contributed by atoms with Gasteiger partial charge in [0.1, 0.15) is 0 Å². The van der Waals surface area contributed by atoms with Crippen LogP contribution in [-0.2, 0) is 0 Å². The van der Waals surface area contributed by atoms with Crippen molar-refractivity contribution in [2.75, 3.05) is 13.1 Å². The van der Waals surface area contributed by atoms with Crippen molar-refractivity contribution in [3.63, 3.8) is 0 Å². The molecular formula is C14H21NO2. The lowest BCUT2D eigenvalue weighted by molar-refractivity contribution is 0.0648. The second kappa shape index (κ2) is 6.40. The van der Waals surface area contributed by atoms with E-state index < -0.39 is 6.10 Å². The summed E-state index contributed by atoms with van der Waals surface area (Å²) in [6, 6.07) is 7.53. The van der Waals surface area contributed by atoms with Crippen molar-refractivity contribution in [3.8, 4) is 0 Å². The summed E-state index contributed by atoms with van der Waals surface area (Å²) in [6.07, 6.45) is 0.403. The third-order valence-corrected chi connectivity index (χ3v) is 2.56. The predicted molar refractivity (Wildman–Crippen MR) is 69.1 cm³/mol. The van der Waals surface area contributed by atoms with Gasteiger partial charge in [-0.3, -0.25) is 4.79 Å². The van der Waals surface area contributed by atoms with Crippen LogP contribution >= 0.6 is 0 Å². The number of aliphatic hydroxyl groups excluding tert-OH is 1. The Hall–Kier alpha value is -1.35. The summed E-state index contributed by atoms with van der Waals surface area (Å²) in [7, 11) is 0. The Morgan fingerprint density at radius 3 is 2.41 bits per heavy atom. The number of aliphatic hydroxyl groups is 1. The Kier molecular flexibility index (Phi) is 5.16. The van der Waals surface area contributed by atoms with Crippen molar-refractivity contribution < 1.29 is 9.90 Å². The Balaban J connectivity index is 2.79. The summed E-state index contributed by atoms with van der Waals surface area (Å²) in [5.74, 6) is -0.00671. The minimum atomic E-state index is -0.490. The number of hydrogen-bond acceptors (Lipinski definition) is 2. The molecular weight excluding hydrogens is 214 g/mol. The number of benzene rings is 1. The molecule has 0 unspecified atom stereocenters. The zero-order valence-corrected chi connectivity index (χ0v) is 10.8. The van der Waals surface area contributed by atoms with Gasteiger partial charge in [0.25, 0.3) is 5.91 Å². The lowest BCUT2D eigenvalue weighted by atomic mass is 10.1. The molecule has 1 amide bonds. The summed E-state index contributed by atoms with van der Waals surface area (Å²) >= 11 is 0. The Labute approximate surface area is 103 Å². The first-order valence-corrected chi connectivity index (χ1v) is 6.08. The van der Waals surface area contributed by atoms with Gasteiger partial charge in [-0.25, -0.2) is 0 Å². The third-order valence-electron chi connectivity index (χ3n) is 2.56. The summed E-state index contributed by atoms with van der Waals surface area (Å²) in [4.78, 5) is 13.9. The molecule has 94 valence electrons. The van der Waals surface area contributed by atoms with Crippen LogP contribution in [-0.4, -0.2) is 35.1 Å². The first-order valence-electron chi connectivity index (χ1n) is 6.08. The Morgan fingerprint density at radius 2 is 1.94 bits per heavy atom. The van der Waals surface area contributed by atoms with Crippen LogP contribution in [0.5, 0.6) is 0 Å². The van der Waals surface area contributed by atoms with Crippen molar-refractivity contribution in [3.05, 3.63) is 35.4 Å². The van der Waals surface area contributed by atoms with Gasteiger partial charge in [0.15, 0.2) is 0 Å². The molecule has 0 aliphatic carbocycles. The van der Waals surface area contributed by atoms with Crippen molar-refractivity contribution in [1.82, 2.24) is 4.90 Å². The largest absolute Gasteiger partial charge is 0.392 e. The average Bonchev–Trinajstić information content (AvgIpc) is 2.28. The molecule has 0 aliphatic heterocycles. The third kappa shape index (κ3) is 4.19. The van der Waals surface area contributed by atoms with Crippen LogP contribution in [0.1, 0.15) is 36.2 Å². The summed E-state index contributed by atoms with van der Waals surface area (Å²) < 4.78 is 0. The number of nitrogens with zero attached hydrogens (tertiary/aromatic N) is 1. The first-order chi connectivity index (χ1) is 8.04. The highest BCUT2D eigenvalue weighted by Gasteiger charge is 2.16. The van der Waals surface area contributed by atoms with Gasteiger partial charge in [-0.15, -0.1) is 0 Å². The van der Waals surface area contributed by atoms with Crippen LogP contribution in [0.15, 0.2) is 24.3 Å². The van der Waals surface area contributed by atoms with Gasteiger partial charge in [-0.2, -0.15) is 0 Å². The SMILES string of the molecule is CCCN(C[C@H](C)O)C(=O)c1ccc(C)cc1. The highest BCUT2D eigenvalue weighted by Crippen LogP contribution is 2.08. The molecule has 0 saturated carbocycles. The van der Waals surface area contributed by atoms with Gasteiger partial charge < -0.3 is 10.0 Å². The second-order valence-electron chi connectivity index (χ2n) is 4.47. The number of hydrogen-bond donors (Lipinski definition) is 1. The van der Waals surface area contributed by atoms with Crippen LogP contribution in [0.4, 0.5) is 0 Å². The number of carbonyl (C=O) groups excluding carboxylic acids is 1. The normalized spacial score (nSPS) is 12.2. The average molecular weight is 235 g/mol. The molecule has 1 aromatic carbocycles. The molecule has 0 bridgehead atoms. The smallest absolute Gasteiger partial charge is 0.253 e. The summed E-state index contributed by atoms with van der Waals surface area (Å²) in [5, 5.41) is 9.40. The van der Waals surface area contributed by atoms with Crippen molar-refractivity contribution >= 4 is 5.91 Å². The monoisotopic (exact) mass is 235 g/mol. The molecule has 1 aromatic rings. The fraction of sp³-hybridized carbons (Fsp3) is 0.500. The van der Waals surface area contributed by atoms with E-state index in [1.54, 1.807) is 11.8 Å². The topological polar surface area (TPSA) is 40.5 Å². The van der Waals surface area contributed by atoms with E-state index in [1.165, 1.54) is 0 Å². The van der Waals surface area contributed by atoms with Crippen LogP contribution < -0.4 is 0 Å². The quantitative estimate of drug-likeness (QED) is 0.850. The van der Waals surface area contributed by atoms with Gasteiger partial charge in [-0.1, -0.05) is 24.6 Å². The lowest BCUT2D eigenvalue weighted by Crippen LogP contribution is -2.37. The zero-order valence-electron chi connectivity index (χ0n) is 10.8. The molecule has 0 spiro atoms. The second-order valence-corrected chi connectivity index (χ2v) is 4.47. The van der Waals surface area contributed by atoms with Crippen LogP contribution in [0.25, 0.3) is 0 Å². The van der Waals surface area contributed by atoms with Gasteiger partial charge in [0.2, 0.25) is 0 Å². The fourth-order valence-corrected chi connectivity index (χ4v) is 1.74. The minimum Gasteiger partial charge on any atom is -0.392 e. The van der Waals surface area contributed by atoms with E-state index in [0.717, 1.165) is 12.0 Å². The molecule has 3 nitrogen and oxygen atoms in total. The van der Waals surface area contributed by atoms with E-state index in [9.17, 15) is 9.90 Å². The van der Waals surface area contributed by atoms with Gasteiger partial charge in [0.05, 0.1) is 6.10 Å². The fourth-order valence-electron chi connectivity index (χ4n) is 1.74. The molecule has 1 rings (SSSR count).